The number of nitrogens with one attached hydrogen (secondary N) is 1. The molecule has 0 aromatic rings. The summed E-state index contributed by atoms with van der Waals surface area (Å²) < 4.78 is 30.5. The summed E-state index contributed by atoms with van der Waals surface area (Å²) in [7, 11) is -2.67. The number of methoxy groups -OCH3 is 1. The van der Waals surface area contributed by atoms with Crippen LogP contribution in [-0.4, -0.2) is 43.9 Å². The van der Waals surface area contributed by atoms with Crippen molar-refractivity contribution in [2.75, 3.05) is 12.9 Å². The smallest absolute Gasteiger partial charge is 0.324 e. The molecule has 1 rings (SSSR count). The van der Waals surface area contributed by atoms with E-state index in [-0.39, 0.29) is 19.3 Å². The van der Waals surface area contributed by atoms with Crippen molar-refractivity contribution in [3.63, 3.8) is 0 Å². The number of esters is 1. The number of carboxylic acid groups (broad SMARTS) is 1. The van der Waals surface area contributed by atoms with Crippen LogP contribution in [0.25, 0.3) is 0 Å². The molecule has 1 fully saturated rings. The Morgan fingerprint density at radius 2 is 1.90 bits per heavy atom. The maximum Gasteiger partial charge on any atom is 0.324 e. The molecule has 0 radical (unpaired) electrons. The Labute approximate surface area is 118 Å². The minimum absolute atomic E-state index is 0.265. The van der Waals surface area contributed by atoms with Crippen molar-refractivity contribution in [1.82, 2.24) is 4.72 Å². The zero-order valence-corrected chi connectivity index (χ0v) is 12.5. The number of ether oxygens (including phenoxy) is 1. The molecule has 116 valence electrons. The van der Waals surface area contributed by atoms with Gasteiger partial charge in [-0.25, -0.2) is 8.42 Å². The topological polar surface area (TPSA) is 110 Å². The van der Waals surface area contributed by atoms with Gasteiger partial charge in [0.1, 0.15) is 5.54 Å². The van der Waals surface area contributed by atoms with E-state index in [0.717, 1.165) is 0 Å². The number of carboxylic acids is 1. The van der Waals surface area contributed by atoms with Gasteiger partial charge in [0.15, 0.2) is 0 Å². The van der Waals surface area contributed by atoms with Crippen LogP contribution < -0.4 is 4.72 Å². The monoisotopic (exact) mass is 307 g/mol. The fourth-order valence-corrected chi connectivity index (χ4v) is 3.71. The third-order valence-corrected chi connectivity index (χ3v) is 5.13. The molecule has 0 heterocycles. The maximum absolute atomic E-state index is 11.9. The number of rotatable bonds is 6. The van der Waals surface area contributed by atoms with Crippen molar-refractivity contribution in [1.29, 1.82) is 0 Å². The Kier molecular flexibility index (Phi) is 5.52. The summed E-state index contributed by atoms with van der Waals surface area (Å²) in [5.41, 5.74) is -1.44. The van der Waals surface area contributed by atoms with Crippen molar-refractivity contribution >= 4 is 22.0 Å². The Morgan fingerprint density at radius 1 is 1.35 bits per heavy atom. The zero-order valence-electron chi connectivity index (χ0n) is 11.7. The van der Waals surface area contributed by atoms with Gasteiger partial charge in [0, 0.05) is 0 Å². The van der Waals surface area contributed by atoms with Gasteiger partial charge in [0.05, 0.1) is 19.3 Å². The van der Waals surface area contributed by atoms with Crippen LogP contribution in [0.3, 0.4) is 0 Å². The SMILES string of the molecule is COC(=O)CCS(=O)(=O)NC1(C(=O)O)CCC(C)CC1. The van der Waals surface area contributed by atoms with Crippen molar-refractivity contribution in [3.05, 3.63) is 0 Å². The second-order valence-electron chi connectivity index (χ2n) is 5.32. The molecule has 2 N–H and O–H groups in total. The Balaban J connectivity index is 2.75. The summed E-state index contributed by atoms with van der Waals surface area (Å²) in [6, 6.07) is 0. The van der Waals surface area contributed by atoms with Crippen LogP contribution in [-0.2, 0) is 24.3 Å². The van der Waals surface area contributed by atoms with Crippen LogP contribution in [0.2, 0.25) is 0 Å². The van der Waals surface area contributed by atoms with Gasteiger partial charge in [-0.3, -0.25) is 9.59 Å². The molecule has 0 saturated heterocycles. The van der Waals surface area contributed by atoms with Gasteiger partial charge in [-0.15, -0.1) is 0 Å². The molecule has 0 unspecified atom stereocenters. The molecular formula is C12H21NO6S. The van der Waals surface area contributed by atoms with Crippen LogP contribution in [0.5, 0.6) is 0 Å². The molecule has 0 bridgehead atoms. The zero-order chi connectivity index (χ0) is 15.4. The van der Waals surface area contributed by atoms with Gasteiger partial charge in [-0.1, -0.05) is 6.92 Å². The molecule has 1 aliphatic rings. The van der Waals surface area contributed by atoms with E-state index in [0.29, 0.717) is 18.8 Å². The lowest BCUT2D eigenvalue weighted by Crippen LogP contribution is -2.56. The van der Waals surface area contributed by atoms with E-state index in [1.54, 1.807) is 0 Å². The van der Waals surface area contributed by atoms with Gasteiger partial charge < -0.3 is 9.84 Å². The van der Waals surface area contributed by atoms with Crippen molar-refractivity contribution in [3.8, 4) is 0 Å². The Hall–Kier alpha value is -1.15. The van der Waals surface area contributed by atoms with Crippen LogP contribution in [0.1, 0.15) is 39.0 Å². The first-order valence-electron chi connectivity index (χ1n) is 6.52. The molecule has 7 nitrogen and oxygen atoms in total. The molecule has 0 aromatic heterocycles. The van der Waals surface area contributed by atoms with E-state index in [1.807, 2.05) is 6.92 Å². The second-order valence-corrected chi connectivity index (χ2v) is 7.16. The Bertz CT molecular complexity index is 464. The van der Waals surface area contributed by atoms with Crippen LogP contribution >= 0.6 is 0 Å². The highest BCUT2D eigenvalue weighted by atomic mass is 32.2. The largest absolute Gasteiger partial charge is 0.480 e. The number of sulfonamides is 1. The molecule has 1 saturated carbocycles. The van der Waals surface area contributed by atoms with E-state index in [9.17, 15) is 23.1 Å². The Morgan fingerprint density at radius 3 is 2.35 bits per heavy atom. The van der Waals surface area contributed by atoms with E-state index >= 15 is 0 Å². The van der Waals surface area contributed by atoms with E-state index in [1.165, 1.54) is 7.11 Å². The third kappa shape index (κ3) is 4.45. The molecule has 1 aliphatic carbocycles. The van der Waals surface area contributed by atoms with E-state index < -0.39 is 33.3 Å². The molecule has 0 atom stereocenters. The number of hydrogen-bond donors (Lipinski definition) is 2. The van der Waals surface area contributed by atoms with Gasteiger partial charge in [0.2, 0.25) is 10.0 Å². The summed E-state index contributed by atoms with van der Waals surface area (Å²) in [4.78, 5) is 22.4. The third-order valence-electron chi connectivity index (χ3n) is 3.69. The first kappa shape index (κ1) is 16.9. The molecular weight excluding hydrogens is 286 g/mol. The van der Waals surface area contributed by atoms with Crippen molar-refractivity contribution in [2.24, 2.45) is 5.92 Å². The number of hydrogen-bond acceptors (Lipinski definition) is 5. The van der Waals surface area contributed by atoms with Gasteiger partial charge in [-0.2, -0.15) is 4.72 Å². The molecule has 0 amide bonds. The fourth-order valence-electron chi connectivity index (χ4n) is 2.28. The predicted molar refractivity (Wildman–Crippen MR) is 71.6 cm³/mol. The lowest BCUT2D eigenvalue weighted by Gasteiger charge is -2.36. The molecule has 0 spiro atoms. The average molecular weight is 307 g/mol. The molecule has 0 aliphatic heterocycles. The highest BCUT2D eigenvalue weighted by molar-refractivity contribution is 7.89. The normalized spacial score (nSPS) is 27.0. The van der Waals surface area contributed by atoms with Crippen molar-refractivity contribution in [2.45, 2.75) is 44.6 Å². The van der Waals surface area contributed by atoms with E-state index in [2.05, 4.69) is 9.46 Å². The fraction of sp³-hybridized carbons (Fsp3) is 0.833. The lowest BCUT2D eigenvalue weighted by molar-refractivity contribution is -0.145. The van der Waals surface area contributed by atoms with Crippen LogP contribution in [0.15, 0.2) is 0 Å². The summed E-state index contributed by atoms with van der Waals surface area (Å²) in [6.07, 6.45) is 1.55. The average Bonchev–Trinajstić information content (AvgIpc) is 2.38. The number of carbonyl (C=O) groups excluding carboxylic acids is 1. The highest BCUT2D eigenvalue weighted by Crippen LogP contribution is 2.32. The van der Waals surface area contributed by atoms with Crippen molar-refractivity contribution < 1.29 is 27.9 Å². The minimum atomic E-state index is -3.84. The van der Waals surface area contributed by atoms with Crippen LogP contribution in [0, 0.1) is 5.92 Å². The molecule has 0 aromatic carbocycles. The second kappa shape index (κ2) is 6.53. The van der Waals surface area contributed by atoms with Gasteiger partial charge in [-0.05, 0) is 31.6 Å². The molecule has 20 heavy (non-hydrogen) atoms. The summed E-state index contributed by atoms with van der Waals surface area (Å²) in [5, 5.41) is 9.34. The first-order chi connectivity index (χ1) is 9.21. The van der Waals surface area contributed by atoms with E-state index in [4.69, 9.17) is 0 Å². The summed E-state index contributed by atoms with van der Waals surface area (Å²) >= 11 is 0. The highest BCUT2D eigenvalue weighted by Gasteiger charge is 2.44. The molecule has 8 heteroatoms. The quantitative estimate of drug-likeness (QED) is 0.692. The standard InChI is InChI=1S/C12H21NO6S/c1-9-3-6-12(7-4-9,11(15)16)13-20(17,18)8-5-10(14)19-2/h9,13H,3-8H2,1-2H3,(H,15,16). The van der Waals surface area contributed by atoms with Gasteiger partial charge in [0.25, 0.3) is 0 Å². The maximum atomic E-state index is 11.9. The number of carbonyl (C=O) groups is 2. The summed E-state index contributed by atoms with van der Waals surface area (Å²) in [5.74, 6) is -1.88. The predicted octanol–water partition coefficient (Wildman–Crippen LogP) is 0.502. The lowest BCUT2D eigenvalue weighted by atomic mass is 9.78. The minimum Gasteiger partial charge on any atom is -0.480 e. The summed E-state index contributed by atoms with van der Waals surface area (Å²) in [6.45, 7) is 2.01. The van der Waals surface area contributed by atoms with Gasteiger partial charge >= 0.3 is 11.9 Å². The first-order valence-corrected chi connectivity index (χ1v) is 8.18. The van der Waals surface area contributed by atoms with Crippen LogP contribution in [0.4, 0.5) is 0 Å². The number of aliphatic carboxylic acids is 1.